The second-order valence-corrected chi connectivity index (χ2v) is 5.28. The summed E-state index contributed by atoms with van der Waals surface area (Å²) in [6.07, 6.45) is 0. The highest BCUT2D eigenvalue weighted by atomic mass is 16.2. The molecule has 116 valence electrons. The lowest BCUT2D eigenvalue weighted by Gasteiger charge is -2.11. The van der Waals surface area contributed by atoms with Crippen LogP contribution in [0, 0.1) is 6.92 Å². The summed E-state index contributed by atoms with van der Waals surface area (Å²) in [6, 6.07) is 14.6. The van der Waals surface area contributed by atoms with Gasteiger partial charge in [0.15, 0.2) is 5.69 Å². The van der Waals surface area contributed by atoms with E-state index in [1.54, 1.807) is 22.9 Å². The number of carbonyl (C=O) groups excluding carboxylic acids is 1. The number of fused-ring (bicyclic) bond motifs is 1. The quantitative estimate of drug-likeness (QED) is 0.809. The van der Waals surface area contributed by atoms with Crippen molar-refractivity contribution in [3.8, 4) is 0 Å². The number of para-hydroxylation sites is 2. The van der Waals surface area contributed by atoms with Gasteiger partial charge in [0.2, 0.25) is 5.43 Å². The normalized spacial score (nSPS) is 10.7. The molecule has 1 amide bonds. The van der Waals surface area contributed by atoms with Gasteiger partial charge in [-0.3, -0.25) is 14.3 Å². The minimum absolute atomic E-state index is 0.0891. The molecule has 5 heteroatoms. The minimum atomic E-state index is -0.489. The van der Waals surface area contributed by atoms with Crippen LogP contribution >= 0.6 is 0 Å². The molecule has 0 spiro atoms. The van der Waals surface area contributed by atoms with Crippen LogP contribution in [0.15, 0.2) is 53.3 Å². The first kappa shape index (κ1) is 15.0. The van der Waals surface area contributed by atoms with Crippen LogP contribution in [0.25, 0.3) is 10.9 Å². The zero-order chi connectivity index (χ0) is 16.4. The lowest BCUT2D eigenvalue weighted by atomic mass is 10.1. The molecule has 0 aliphatic rings. The van der Waals surface area contributed by atoms with Crippen LogP contribution in [0.4, 0.5) is 5.69 Å². The maximum atomic E-state index is 12.6. The van der Waals surface area contributed by atoms with Crippen LogP contribution in [0.3, 0.4) is 0 Å². The average molecular weight is 307 g/mol. The number of rotatable bonds is 3. The topological polar surface area (TPSA) is 64.0 Å². The first-order chi connectivity index (χ1) is 11.1. The van der Waals surface area contributed by atoms with E-state index in [-0.39, 0.29) is 11.1 Å². The number of carbonyl (C=O) groups is 1. The molecule has 0 bridgehead atoms. The van der Waals surface area contributed by atoms with E-state index in [4.69, 9.17) is 0 Å². The van der Waals surface area contributed by atoms with E-state index in [1.165, 1.54) is 0 Å². The van der Waals surface area contributed by atoms with Crippen LogP contribution < -0.4 is 10.7 Å². The van der Waals surface area contributed by atoms with Crippen molar-refractivity contribution >= 4 is 22.5 Å². The van der Waals surface area contributed by atoms with Gasteiger partial charge in [-0.15, -0.1) is 0 Å². The van der Waals surface area contributed by atoms with Crippen LogP contribution in [-0.4, -0.2) is 15.7 Å². The van der Waals surface area contributed by atoms with Crippen molar-refractivity contribution in [2.24, 2.45) is 0 Å². The first-order valence-corrected chi connectivity index (χ1v) is 7.48. The van der Waals surface area contributed by atoms with Crippen molar-refractivity contribution in [2.75, 3.05) is 5.32 Å². The summed E-state index contributed by atoms with van der Waals surface area (Å²) in [7, 11) is 0. The molecule has 0 aliphatic carbocycles. The number of amides is 1. The number of nitrogens with one attached hydrogen (secondary N) is 1. The number of benzene rings is 2. The van der Waals surface area contributed by atoms with Gasteiger partial charge in [-0.2, -0.15) is 5.10 Å². The second-order valence-electron chi connectivity index (χ2n) is 5.28. The van der Waals surface area contributed by atoms with Gasteiger partial charge in [0.25, 0.3) is 5.91 Å². The van der Waals surface area contributed by atoms with Crippen molar-refractivity contribution in [1.82, 2.24) is 9.78 Å². The zero-order valence-electron chi connectivity index (χ0n) is 13.0. The lowest BCUT2D eigenvalue weighted by Crippen LogP contribution is -2.27. The van der Waals surface area contributed by atoms with Gasteiger partial charge in [-0.25, -0.2) is 0 Å². The Kier molecular flexibility index (Phi) is 3.93. The van der Waals surface area contributed by atoms with Crippen molar-refractivity contribution in [2.45, 2.75) is 20.4 Å². The van der Waals surface area contributed by atoms with Crippen molar-refractivity contribution < 1.29 is 4.79 Å². The summed E-state index contributed by atoms with van der Waals surface area (Å²) in [5.41, 5.74) is 1.89. The predicted octanol–water partition coefficient (Wildman–Crippen LogP) is 2.98. The highest BCUT2D eigenvalue weighted by molar-refractivity contribution is 6.04. The maximum absolute atomic E-state index is 12.6. The summed E-state index contributed by atoms with van der Waals surface area (Å²) in [5.74, 6) is -0.489. The smallest absolute Gasteiger partial charge is 0.280 e. The number of anilines is 1. The molecular weight excluding hydrogens is 290 g/mol. The molecule has 5 nitrogen and oxygen atoms in total. The highest BCUT2D eigenvalue weighted by Crippen LogP contribution is 2.14. The number of nitrogens with zero attached hydrogens (tertiary/aromatic N) is 2. The number of aryl methyl sites for hydroxylation is 2. The Labute approximate surface area is 133 Å². The monoisotopic (exact) mass is 307 g/mol. The summed E-state index contributed by atoms with van der Waals surface area (Å²) >= 11 is 0. The Morgan fingerprint density at radius 2 is 1.83 bits per heavy atom. The fraction of sp³-hybridized carbons (Fsp3) is 0.167. The lowest BCUT2D eigenvalue weighted by molar-refractivity contribution is 0.101. The summed E-state index contributed by atoms with van der Waals surface area (Å²) in [5, 5.41) is 7.50. The van der Waals surface area contributed by atoms with Crippen LogP contribution in [0.5, 0.6) is 0 Å². The number of hydrogen-bond acceptors (Lipinski definition) is 3. The third-order valence-electron chi connectivity index (χ3n) is 3.77. The third kappa shape index (κ3) is 2.73. The standard InChI is InChI=1S/C18H17N3O2/c1-3-21-15-11-7-5-9-13(15)17(22)16(20-21)18(23)19-14-10-6-4-8-12(14)2/h4-11H,3H2,1-2H3,(H,19,23). The van der Waals surface area contributed by atoms with Gasteiger partial charge in [0.05, 0.1) is 5.52 Å². The average Bonchev–Trinajstić information content (AvgIpc) is 2.57. The molecule has 23 heavy (non-hydrogen) atoms. The minimum Gasteiger partial charge on any atom is -0.320 e. The molecule has 0 saturated carbocycles. The second kappa shape index (κ2) is 6.04. The van der Waals surface area contributed by atoms with Gasteiger partial charge in [0, 0.05) is 17.6 Å². The molecule has 2 aromatic carbocycles. The van der Waals surface area contributed by atoms with E-state index in [9.17, 15) is 9.59 Å². The first-order valence-electron chi connectivity index (χ1n) is 7.48. The molecule has 0 radical (unpaired) electrons. The highest BCUT2D eigenvalue weighted by Gasteiger charge is 2.17. The van der Waals surface area contributed by atoms with E-state index in [0.717, 1.165) is 11.1 Å². The van der Waals surface area contributed by atoms with Crippen molar-refractivity contribution in [1.29, 1.82) is 0 Å². The molecule has 0 saturated heterocycles. The van der Waals surface area contributed by atoms with E-state index >= 15 is 0 Å². The van der Waals surface area contributed by atoms with Crippen LogP contribution in [-0.2, 0) is 6.54 Å². The fourth-order valence-corrected chi connectivity index (χ4v) is 2.52. The van der Waals surface area contributed by atoms with Gasteiger partial charge >= 0.3 is 0 Å². The molecule has 0 atom stereocenters. The molecule has 1 aromatic heterocycles. The Bertz CT molecular complexity index is 944. The largest absolute Gasteiger partial charge is 0.320 e. The number of hydrogen-bond donors (Lipinski definition) is 1. The number of aromatic nitrogens is 2. The Morgan fingerprint density at radius 1 is 1.13 bits per heavy atom. The fourth-order valence-electron chi connectivity index (χ4n) is 2.52. The van der Waals surface area contributed by atoms with Gasteiger partial charge in [0.1, 0.15) is 0 Å². The van der Waals surface area contributed by atoms with Crippen molar-refractivity contribution in [3.63, 3.8) is 0 Å². The molecule has 3 aromatic rings. The van der Waals surface area contributed by atoms with Gasteiger partial charge < -0.3 is 5.32 Å². The van der Waals surface area contributed by atoms with Crippen LogP contribution in [0.1, 0.15) is 23.0 Å². The molecule has 1 N–H and O–H groups in total. The van der Waals surface area contributed by atoms with E-state index < -0.39 is 5.91 Å². The molecule has 0 unspecified atom stereocenters. The summed E-state index contributed by atoms with van der Waals surface area (Å²) < 4.78 is 1.67. The Balaban J connectivity index is 2.09. The molecule has 0 aliphatic heterocycles. The predicted molar refractivity (Wildman–Crippen MR) is 90.8 cm³/mol. The maximum Gasteiger partial charge on any atom is 0.280 e. The van der Waals surface area contributed by atoms with E-state index in [2.05, 4.69) is 10.4 Å². The zero-order valence-corrected chi connectivity index (χ0v) is 13.0. The molecule has 1 heterocycles. The van der Waals surface area contributed by atoms with Gasteiger partial charge in [-0.1, -0.05) is 30.3 Å². The molecule has 0 fully saturated rings. The Hall–Kier alpha value is -2.95. The van der Waals surface area contributed by atoms with E-state index in [0.29, 0.717) is 17.6 Å². The molecular formula is C18H17N3O2. The summed E-state index contributed by atoms with van der Waals surface area (Å²) in [6.45, 7) is 4.39. The molecule has 3 rings (SSSR count). The van der Waals surface area contributed by atoms with Gasteiger partial charge in [-0.05, 0) is 37.6 Å². The van der Waals surface area contributed by atoms with Crippen molar-refractivity contribution in [3.05, 3.63) is 70.0 Å². The SMILES string of the molecule is CCn1nc(C(=O)Nc2ccccc2C)c(=O)c2ccccc21. The Morgan fingerprint density at radius 3 is 2.57 bits per heavy atom. The summed E-state index contributed by atoms with van der Waals surface area (Å²) in [4.78, 5) is 25.1. The van der Waals surface area contributed by atoms with Crippen LogP contribution in [0.2, 0.25) is 0 Å². The third-order valence-corrected chi connectivity index (χ3v) is 3.77. The van der Waals surface area contributed by atoms with E-state index in [1.807, 2.05) is 44.2 Å².